The van der Waals surface area contributed by atoms with Crippen molar-refractivity contribution >= 4 is 23.8 Å². The molecule has 0 radical (unpaired) electrons. The average Bonchev–Trinajstić information content (AvgIpc) is 2.53. The van der Waals surface area contributed by atoms with Gasteiger partial charge in [-0.25, -0.2) is 4.79 Å². The van der Waals surface area contributed by atoms with Gasteiger partial charge in [0.05, 0.1) is 0 Å². The quantitative estimate of drug-likeness (QED) is 0.654. The Bertz CT molecular complexity index is 700. The Morgan fingerprint density at radius 3 is 2.62 bits per heavy atom. The molecule has 2 aromatic rings. The number of aromatic amines is 1. The summed E-state index contributed by atoms with van der Waals surface area (Å²) < 4.78 is 9.22. The van der Waals surface area contributed by atoms with Crippen LogP contribution in [-0.4, -0.2) is 21.4 Å². The van der Waals surface area contributed by atoms with Gasteiger partial charge in [-0.1, -0.05) is 6.92 Å². The lowest BCUT2D eigenvalue weighted by molar-refractivity contribution is -0.370. The number of benzene rings is 1. The van der Waals surface area contributed by atoms with E-state index in [1.807, 2.05) is 0 Å². The largest absolute Gasteiger partial charge is 0.473 e. The van der Waals surface area contributed by atoms with E-state index in [0.717, 1.165) is 0 Å². The molecule has 0 aliphatic rings. The summed E-state index contributed by atoms with van der Waals surface area (Å²) in [5.41, 5.74) is 1.77. The maximum atomic E-state index is 11.9. The van der Waals surface area contributed by atoms with Gasteiger partial charge in [0, 0.05) is 46.6 Å². The van der Waals surface area contributed by atoms with E-state index in [4.69, 9.17) is 5.11 Å². The van der Waals surface area contributed by atoms with Crippen molar-refractivity contribution in [3.8, 4) is 11.3 Å². The molecule has 108 valence electrons. The molecule has 6 heteroatoms. The molecule has 21 heavy (non-hydrogen) atoms. The highest BCUT2D eigenvalue weighted by atomic mass is 32.2. The SMILES string of the molecule is CCC(=O)c1cc(-c2cccc(C(=O)O)[nH+]2)ccc1SO. The average molecular weight is 304 g/mol. The van der Waals surface area contributed by atoms with Gasteiger partial charge in [-0.05, 0) is 24.3 Å². The maximum Gasteiger partial charge on any atom is 0.401 e. The molecule has 2 rings (SSSR count). The van der Waals surface area contributed by atoms with Crippen LogP contribution in [0.2, 0.25) is 0 Å². The van der Waals surface area contributed by atoms with Crippen LogP contribution in [0.5, 0.6) is 0 Å². The third-order valence-corrected chi connectivity index (χ3v) is 3.59. The first-order chi connectivity index (χ1) is 10.1. The van der Waals surface area contributed by atoms with E-state index in [1.165, 1.54) is 6.07 Å². The van der Waals surface area contributed by atoms with E-state index >= 15 is 0 Å². The minimum atomic E-state index is -1.05. The minimum absolute atomic E-state index is 0.0662. The van der Waals surface area contributed by atoms with Crippen molar-refractivity contribution < 1.29 is 24.2 Å². The van der Waals surface area contributed by atoms with E-state index in [-0.39, 0.29) is 11.5 Å². The van der Waals surface area contributed by atoms with Crippen molar-refractivity contribution in [2.45, 2.75) is 18.2 Å². The third-order valence-electron chi connectivity index (χ3n) is 3.04. The van der Waals surface area contributed by atoms with E-state index in [0.29, 0.717) is 40.2 Å². The van der Waals surface area contributed by atoms with Crippen LogP contribution in [-0.2, 0) is 0 Å². The van der Waals surface area contributed by atoms with Gasteiger partial charge < -0.3 is 9.66 Å². The first kappa shape index (κ1) is 15.2. The molecular weight excluding hydrogens is 290 g/mol. The monoisotopic (exact) mass is 304 g/mol. The third kappa shape index (κ3) is 3.29. The number of hydrogen-bond acceptors (Lipinski definition) is 4. The zero-order valence-corrected chi connectivity index (χ0v) is 12.1. The summed E-state index contributed by atoms with van der Waals surface area (Å²) in [6, 6.07) is 9.84. The highest BCUT2D eigenvalue weighted by molar-refractivity contribution is 7.93. The number of carboxylic acids is 1. The van der Waals surface area contributed by atoms with Crippen LogP contribution in [0.3, 0.4) is 0 Å². The summed E-state index contributed by atoms with van der Waals surface area (Å²) in [7, 11) is 0. The van der Waals surface area contributed by atoms with Crippen LogP contribution < -0.4 is 4.98 Å². The number of carbonyl (C=O) groups excluding carboxylic acids is 1. The molecule has 1 aromatic carbocycles. The Kier molecular flexibility index (Phi) is 4.72. The Morgan fingerprint density at radius 2 is 2.00 bits per heavy atom. The fourth-order valence-electron chi connectivity index (χ4n) is 1.95. The summed E-state index contributed by atoms with van der Waals surface area (Å²) in [5.74, 6) is -1.13. The molecule has 0 fully saturated rings. The molecule has 0 saturated carbocycles. The molecule has 0 spiro atoms. The number of carbonyl (C=O) groups is 2. The van der Waals surface area contributed by atoms with Crippen molar-refractivity contribution in [1.29, 1.82) is 0 Å². The van der Waals surface area contributed by atoms with Crippen LogP contribution in [0.1, 0.15) is 34.2 Å². The van der Waals surface area contributed by atoms with E-state index in [9.17, 15) is 14.1 Å². The molecule has 1 aromatic heterocycles. The summed E-state index contributed by atoms with van der Waals surface area (Å²) in [6.45, 7) is 1.75. The zero-order valence-electron chi connectivity index (χ0n) is 11.3. The second kappa shape index (κ2) is 6.51. The van der Waals surface area contributed by atoms with Gasteiger partial charge in [0.1, 0.15) is 0 Å². The van der Waals surface area contributed by atoms with Crippen LogP contribution in [0.25, 0.3) is 11.3 Å². The van der Waals surface area contributed by atoms with Crippen LogP contribution >= 0.6 is 12.0 Å². The van der Waals surface area contributed by atoms with Crippen molar-refractivity contribution in [3.05, 3.63) is 47.7 Å². The lowest BCUT2D eigenvalue weighted by Gasteiger charge is -2.06. The topological polar surface area (TPSA) is 88.7 Å². The summed E-state index contributed by atoms with van der Waals surface area (Å²) in [5, 5.41) is 9.00. The van der Waals surface area contributed by atoms with Crippen LogP contribution in [0.15, 0.2) is 41.3 Å². The first-order valence-corrected chi connectivity index (χ1v) is 7.08. The fraction of sp³-hybridized carbons (Fsp3) is 0.133. The predicted octanol–water partition coefficient (Wildman–Crippen LogP) is 3.02. The molecule has 3 N–H and O–H groups in total. The summed E-state index contributed by atoms with van der Waals surface area (Å²) in [6.07, 6.45) is 0.329. The van der Waals surface area contributed by atoms with Gasteiger partial charge in [-0.15, -0.1) is 0 Å². The Balaban J connectivity index is 2.52. The van der Waals surface area contributed by atoms with Crippen molar-refractivity contribution in [2.24, 2.45) is 0 Å². The molecule has 0 unspecified atom stereocenters. The van der Waals surface area contributed by atoms with E-state index < -0.39 is 5.97 Å². The smallest absolute Gasteiger partial charge is 0.401 e. The Morgan fingerprint density at radius 1 is 1.24 bits per heavy atom. The van der Waals surface area contributed by atoms with Crippen molar-refractivity contribution in [3.63, 3.8) is 0 Å². The Labute approximate surface area is 125 Å². The Hall–Kier alpha value is -2.18. The first-order valence-electron chi connectivity index (χ1n) is 6.31. The molecule has 0 saturated heterocycles. The molecular formula is C15H14NO4S+. The minimum Gasteiger partial charge on any atom is -0.473 e. The van der Waals surface area contributed by atoms with Gasteiger partial charge in [0.25, 0.3) is 5.69 Å². The standard InChI is InChI=1S/C15H13NO4S/c1-2-13(17)10-8-9(6-7-14(10)21-20)11-4-3-5-12(16-11)15(18)19/h3-8,20H,2H2,1H3,(H,18,19)/p+1. The number of nitrogens with one attached hydrogen (secondary N) is 1. The molecule has 0 amide bonds. The highest BCUT2D eigenvalue weighted by Crippen LogP contribution is 2.26. The highest BCUT2D eigenvalue weighted by Gasteiger charge is 2.17. The number of hydrogen-bond donors (Lipinski definition) is 2. The predicted molar refractivity (Wildman–Crippen MR) is 78.5 cm³/mol. The molecule has 5 nitrogen and oxygen atoms in total. The number of aromatic carboxylic acids is 1. The van der Waals surface area contributed by atoms with Gasteiger partial charge in [-0.3, -0.25) is 4.79 Å². The van der Waals surface area contributed by atoms with E-state index in [2.05, 4.69) is 4.98 Å². The zero-order chi connectivity index (χ0) is 15.4. The maximum absolute atomic E-state index is 11.9. The van der Waals surface area contributed by atoms with Crippen LogP contribution in [0, 0.1) is 0 Å². The molecule has 1 heterocycles. The van der Waals surface area contributed by atoms with E-state index in [1.54, 1.807) is 37.3 Å². The number of carboxylic acid groups (broad SMARTS) is 1. The summed E-state index contributed by atoms with van der Waals surface area (Å²) >= 11 is 0.526. The van der Waals surface area contributed by atoms with Crippen molar-refractivity contribution in [1.82, 2.24) is 0 Å². The van der Waals surface area contributed by atoms with Gasteiger partial charge in [0.2, 0.25) is 5.69 Å². The number of pyridine rings is 1. The molecule has 0 aliphatic carbocycles. The number of aromatic nitrogens is 1. The number of ketones is 1. The summed E-state index contributed by atoms with van der Waals surface area (Å²) in [4.78, 5) is 26.2. The van der Waals surface area contributed by atoms with Crippen molar-refractivity contribution in [2.75, 3.05) is 0 Å². The number of Topliss-reactive ketones (excluding diaryl/α,β-unsaturated/α-hetero) is 1. The van der Waals surface area contributed by atoms with Gasteiger partial charge in [0.15, 0.2) is 5.78 Å². The molecule has 0 atom stereocenters. The second-order valence-electron chi connectivity index (χ2n) is 4.36. The fourth-order valence-corrected chi connectivity index (χ4v) is 2.35. The lowest BCUT2D eigenvalue weighted by atomic mass is 10.0. The normalized spacial score (nSPS) is 10.4. The molecule has 0 bridgehead atoms. The lowest BCUT2D eigenvalue weighted by Crippen LogP contribution is -2.18. The second-order valence-corrected chi connectivity index (χ2v) is 4.98. The number of rotatable bonds is 5. The van der Waals surface area contributed by atoms with Crippen LogP contribution in [0.4, 0.5) is 0 Å². The number of H-pyrrole nitrogens is 1. The molecule has 0 aliphatic heterocycles. The van der Waals surface area contributed by atoms with Gasteiger partial charge in [-0.2, -0.15) is 4.98 Å². The van der Waals surface area contributed by atoms with Gasteiger partial charge >= 0.3 is 5.97 Å².